The Bertz CT molecular complexity index is 877. The normalized spacial score (nSPS) is 11.1. The summed E-state index contributed by atoms with van der Waals surface area (Å²) in [5.74, 6) is 0.132. The fourth-order valence-electron chi connectivity index (χ4n) is 2.50. The first kappa shape index (κ1) is 16.9. The minimum absolute atomic E-state index is 0.0780. The van der Waals surface area contributed by atoms with Gasteiger partial charge in [0.05, 0.1) is 12.1 Å². The van der Waals surface area contributed by atoms with Gasteiger partial charge in [-0.15, -0.1) is 5.10 Å². The van der Waals surface area contributed by atoms with E-state index in [0.717, 1.165) is 11.3 Å². The van der Waals surface area contributed by atoms with Crippen LogP contribution >= 0.6 is 0 Å². The third-order valence-corrected chi connectivity index (χ3v) is 3.74. The van der Waals surface area contributed by atoms with E-state index in [2.05, 4.69) is 20.6 Å². The van der Waals surface area contributed by atoms with Crippen molar-refractivity contribution in [2.24, 2.45) is 0 Å². The zero-order valence-electron chi connectivity index (χ0n) is 14.8. The Balaban J connectivity index is 1.71. The summed E-state index contributed by atoms with van der Waals surface area (Å²) in [4.78, 5) is 12.5. The first-order valence-electron chi connectivity index (χ1n) is 8.18. The average molecular weight is 339 g/mol. The van der Waals surface area contributed by atoms with E-state index >= 15 is 0 Å². The lowest BCUT2D eigenvalue weighted by molar-refractivity contribution is 0.101. The van der Waals surface area contributed by atoms with Gasteiger partial charge in [-0.05, 0) is 39.3 Å². The van der Waals surface area contributed by atoms with Crippen molar-refractivity contribution in [1.29, 1.82) is 0 Å². The van der Waals surface area contributed by atoms with E-state index in [4.69, 9.17) is 4.42 Å². The molecule has 7 nitrogen and oxygen atoms in total. The Morgan fingerprint density at radius 2 is 1.92 bits per heavy atom. The van der Waals surface area contributed by atoms with Crippen molar-refractivity contribution in [3.63, 3.8) is 0 Å². The van der Waals surface area contributed by atoms with Gasteiger partial charge in [-0.3, -0.25) is 14.8 Å². The molecule has 1 N–H and O–H groups in total. The molecule has 0 fully saturated rings. The second kappa shape index (κ2) is 6.88. The molecule has 0 saturated carbocycles. The van der Waals surface area contributed by atoms with Crippen molar-refractivity contribution in [2.45, 2.75) is 40.2 Å². The second-order valence-electron chi connectivity index (χ2n) is 6.33. The minimum Gasteiger partial charge on any atom is -0.407 e. The van der Waals surface area contributed by atoms with Crippen molar-refractivity contribution in [3.8, 4) is 0 Å². The number of benzene rings is 1. The van der Waals surface area contributed by atoms with E-state index in [1.54, 1.807) is 10.7 Å². The molecule has 0 atom stereocenters. The number of anilines is 1. The van der Waals surface area contributed by atoms with Gasteiger partial charge >= 0.3 is 6.01 Å². The number of aromatic nitrogens is 4. The van der Waals surface area contributed by atoms with E-state index in [-0.39, 0.29) is 18.0 Å². The molecule has 25 heavy (non-hydrogen) atoms. The highest BCUT2D eigenvalue weighted by Crippen LogP contribution is 2.15. The van der Waals surface area contributed by atoms with Crippen LogP contribution in [0.2, 0.25) is 0 Å². The van der Waals surface area contributed by atoms with Crippen LogP contribution in [-0.4, -0.2) is 25.9 Å². The fourth-order valence-corrected chi connectivity index (χ4v) is 2.50. The number of nitrogens with zero attached hydrogens (tertiary/aromatic N) is 4. The maximum Gasteiger partial charge on any atom is 0.322 e. The highest BCUT2D eigenvalue weighted by Gasteiger charge is 2.18. The fraction of sp³-hybridized carbons (Fsp3) is 0.333. The monoisotopic (exact) mass is 339 g/mol. The van der Waals surface area contributed by atoms with E-state index in [1.807, 2.05) is 52.0 Å². The predicted octanol–water partition coefficient (Wildman–Crippen LogP) is 3.31. The van der Waals surface area contributed by atoms with Crippen LogP contribution in [0.4, 0.5) is 6.01 Å². The highest BCUT2D eigenvalue weighted by atomic mass is 16.4. The van der Waals surface area contributed by atoms with Crippen LogP contribution in [0.25, 0.3) is 0 Å². The van der Waals surface area contributed by atoms with Gasteiger partial charge in [0, 0.05) is 6.04 Å². The minimum atomic E-state index is -0.320. The molecule has 0 spiro atoms. The summed E-state index contributed by atoms with van der Waals surface area (Å²) in [7, 11) is 0. The molecular formula is C18H21N5O2. The summed E-state index contributed by atoms with van der Waals surface area (Å²) in [6, 6.07) is 9.99. The molecule has 2 heterocycles. The van der Waals surface area contributed by atoms with Gasteiger partial charge in [0.2, 0.25) is 5.89 Å². The molecule has 3 rings (SSSR count). The van der Waals surface area contributed by atoms with Gasteiger partial charge in [-0.25, -0.2) is 0 Å². The maximum absolute atomic E-state index is 12.5. The number of carbonyl (C=O) groups is 1. The molecule has 130 valence electrons. The van der Waals surface area contributed by atoms with Crippen LogP contribution in [0.3, 0.4) is 0 Å². The molecule has 0 aliphatic heterocycles. The summed E-state index contributed by atoms with van der Waals surface area (Å²) in [6.07, 6.45) is 0.520. The van der Waals surface area contributed by atoms with Gasteiger partial charge in [0.15, 0.2) is 0 Å². The van der Waals surface area contributed by atoms with E-state index in [0.29, 0.717) is 18.0 Å². The largest absolute Gasteiger partial charge is 0.407 e. The Hall–Kier alpha value is -2.96. The van der Waals surface area contributed by atoms with Gasteiger partial charge < -0.3 is 4.42 Å². The van der Waals surface area contributed by atoms with Crippen LogP contribution in [0.5, 0.6) is 0 Å². The van der Waals surface area contributed by atoms with E-state index in [9.17, 15) is 4.79 Å². The number of nitrogens with one attached hydrogen (secondary N) is 1. The summed E-state index contributed by atoms with van der Waals surface area (Å²) >= 11 is 0. The summed E-state index contributed by atoms with van der Waals surface area (Å²) in [6.45, 7) is 7.82. The van der Waals surface area contributed by atoms with Gasteiger partial charge in [-0.2, -0.15) is 5.10 Å². The Labute approximate surface area is 146 Å². The van der Waals surface area contributed by atoms with Crippen molar-refractivity contribution < 1.29 is 9.21 Å². The first-order valence-corrected chi connectivity index (χ1v) is 8.18. The molecule has 2 aromatic heterocycles. The number of amides is 1. The number of aryl methyl sites for hydroxylation is 2. The van der Waals surface area contributed by atoms with Gasteiger partial charge in [0.25, 0.3) is 5.91 Å². The molecule has 0 bridgehead atoms. The van der Waals surface area contributed by atoms with E-state index in [1.165, 1.54) is 5.56 Å². The molecule has 0 aliphatic carbocycles. The zero-order chi connectivity index (χ0) is 18.0. The summed E-state index contributed by atoms with van der Waals surface area (Å²) < 4.78 is 7.21. The average Bonchev–Trinajstić information content (AvgIpc) is 3.16. The molecule has 3 aromatic rings. The first-order chi connectivity index (χ1) is 11.9. The van der Waals surface area contributed by atoms with Crippen molar-refractivity contribution >= 4 is 11.9 Å². The Morgan fingerprint density at radius 3 is 2.60 bits per heavy atom. The van der Waals surface area contributed by atoms with Crippen LogP contribution in [0.15, 0.2) is 34.7 Å². The standard InChI is InChI=1S/C18H21N5O2/c1-11(2)23-15(9-13(4)22-23)17(24)19-18-21-20-16(25-18)10-14-7-5-12(3)6-8-14/h5-9,11H,10H2,1-4H3,(H,19,21,24). The Kier molecular flexibility index (Phi) is 4.65. The summed E-state index contributed by atoms with van der Waals surface area (Å²) in [5.41, 5.74) is 3.51. The topological polar surface area (TPSA) is 85.8 Å². The lowest BCUT2D eigenvalue weighted by Crippen LogP contribution is -2.19. The maximum atomic E-state index is 12.5. The van der Waals surface area contributed by atoms with Gasteiger partial charge in [-0.1, -0.05) is 34.9 Å². The van der Waals surface area contributed by atoms with Crippen molar-refractivity contribution in [3.05, 3.63) is 58.7 Å². The lowest BCUT2D eigenvalue weighted by atomic mass is 10.1. The van der Waals surface area contributed by atoms with Gasteiger partial charge in [0.1, 0.15) is 5.69 Å². The molecule has 0 aliphatic rings. The number of hydrogen-bond acceptors (Lipinski definition) is 5. The quantitative estimate of drug-likeness (QED) is 0.771. The SMILES string of the molecule is Cc1ccc(Cc2nnc(NC(=O)c3cc(C)nn3C(C)C)o2)cc1. The lowest BCUT2D eigenvalue weighted by Gasteiger charge is -2.09. The number of hydrogen-bond donors (Lipinski definition) is 1. The van der Waals surface area contributed by atoms with E-state index < -0.39 is 0 Å². The third kappa shape index (κ3) is 3.93. The van der Waals surface area contributed by atoms with Crippen LogP contribution in [0.1, 0.15) is 53.1 Å². The van der Waals surface area contributed by atoms with Crippen molar-refractivity contribution in [2.75, 3.05) is 5.32 Å². The number of carbonyl (C=O) groups excluding carboxylic acids is 1. The summed E-state index contributed by atoms with van der Waals surface area (Å²) in [5, 5.41) is 14.9. The number of rotatable bonds is 5. The molecule has 1 aromatic carbocycles. The third-order valence-electron chi connectivity index (χ3n) is 3.74. The molecule has 0 unspecified atom stereocenters. The highest BCUT2D eigenvalue weighted by molar-refractivity contribution is 6.01. The smallest absolute Gasteiger partial charge is 0.322 e. The molecule has 7 heteroatoms. The van der Waals surface area contributed by atoms with Crippen molar-refractivity contribution in [1.82, 2.24) is 20.0 Å². The zero-order valence-corrected chi connectivity index (χ0v) is 14.8. The van der Waals surface area contributed by atoms with Crippen LogP contribution < -0.4 is 5.32 Å². The molecule has 0 saturated heterocycles. The van der Waals surface area contributed by atoms with Crippen LogP contribution in [0, 0.1) is 13.8 Å². The Morgan fingerprint density at radius 1 is 1.20 bits per heavy atom. The van der Waals surface area contributed by atoms with Crippen LogP contribution in [-0.2, 0) is 6.42 Å². The molecule has 1 amide bonds. The predicted molar refractivity (Wildman–Crippen MR) is 93.6 cm³/mol. The second-order valence-corrected chi connectivity index (χ2v) is 6.33. The molecular weight excluding hydrogens is 318 g/mol. The molecule has 0 radical (unpaired) electrons.